The van der Waals surface area contributed by atoms with E-state index in [0.29, 0.717) is 0 Å². The van der Waals surface area contributed by atoms with Crippen LogP contribution in [0.5, 0.6) is 0 Å². The third-order valence-electron chi connectivity index (χ3n) is 15.4. The first-order valence-corrected chi connectivity index (χ1v) is 24.7. The van der Waals surface area contributed by atoms with Gasteiger partial charge in [-0.3, -0.25) is 0 Å². The maximum absolute atomic E-state index is 5.76. The molecule has 0 N–H and O–H groups in total. The molecule has 0 saturated heterocycles. The van der Waals surface area contributed by atoms with Gasteiger partial charge in [0.2, 0.25) is 0 Å². The van der Waals surface area contributed by atoms with Gasteiger partial charge in [0.15, 0.2) is 0 Å². The van der Waals surface area contributed by atoms with Crippen LogP contribution >= 0.6 is 0 Å². The van der Waals surface area contributed by atoms with Crippen molar-refractivity contribution in [2.45, 2.75) is 52.4 Å². The zero-order valence-corrected chi connectivity index (χ0v) is 40.4. The Kier molecular flexibility index (Phi) is 8.55. The van der Waals surface area contributed by atoms with Gasteiger partial charge in [-0.2, -0.15) is 0 Å². The Labute approximate surface area is 407 Å². The predicted molar refractivity (Wildman–Crippen MR) is 301 cm³/mol. The number of benzene rings is 12. The molecule has 2 heteroatoms. The molecule has 14 rings (SSSR count). The van der Waals surface area contributed by atoms with Gasteiger partial charge < -0.3 is 0 Å². The minimum atomic E-state index is 0.0643. The minimum absolute atomic E-state index is 0.0643. The van der Waals surface area contributed by atoms with Gasteiger partial charge in [-0.25, -0.2) is 9.97 Å². The fourth-order valence-corrected chi connectivity index (χ4v) is 11.7. The van der Waals surface area contributed by atoms with E-state index in [4.69, 9.17) is 9.97 Å². The lowest BCUT2D eigenvalue weighted by molar-refractivity contribution is 0.591. The molecule has 0 radical (unpaired) electrons. The maximum atomic E-state index is 5.76. The van der Waals surface area contributed by atoms with Crippen molar-refractivity contribution in [1.29, 1.82) is 0 Å². The van der Waals surface area contributed by atoms with Gasteiger partial charge in [0.05, 0.1) is 22.1 Å². The molecule has 12 aromatic carbocycles. The Bertz CT molecular complexity index is 4170. The van der Waals surface area contributed by atoms with E-state index < -0.39 is 0 Å². The average molecular weight is 895 g/mol. The quantitative estimate of drug-likeness (QED) is 0.130. The largest absolute Gasteiger partial charge is 0.247 e. The van der Waals surface area contributed by atoms with Crippen LogP contribution in [0.15, 0.2) is 194 Å². The highest BCUT2D eigenvalue weighted by molar-refractivity contribution is 6.41. The third kappa shape index (κ3) is 6.12. The predicted octanol–water partition coefficient (Wildman–Crippen LogP) is 19.0. The molecular formula is C68H50N2. The number of hydrogen-bond acceptors (Lipinski definition) is 2. The number of fused-ring (bicyclic) bond motifs is 6. The summed E-state index contributed by atoms with van der Waals surface area (Å²) < 4.78 is 0. The van der Waals surface area contributed by atoms with E-state index in [1.807, 2.05) is 0 Å². The molecule has 0 amide bonds. The molecular weight excluding hydrogens is 845 g/mol. The van der Waals surface area contributed by atoms with Crippen molar-refractivity contribution in [3.8, 4) is 44.5 Å². The molecule has 0 saturated carbocycles. The monoisotopic (exact) mass is 894 g/mol. The van der Waals surface area contributed by atoms with Crippen LogP contribution in [-0.4, -0.2) is 9.97 Å². The Hall–Kier alpha value is -8.20. The molecule has 70 heavy (non-hydrogen) atoms. The molecule has 0 unspecified atom stereocenters. The fourth-order valence-electron chi connectivity index (χ4n) is 11.7. The topological polar surface area (TPSA) is 25.8 Å². The highest BCUT2D eigenvalue weighted by atomic mass is 14.7. The van der Waals surface area contributed by atoms with Crippen LogP contribution in [0.2, 0.25) is 0 Å². The molecule has 0 aliphatic carbocycles. The number of nitrogens with zero attached hydrogens (tertiary/aromatic N) is 2. The van der Waals surface area contributed by atoms with Gasteiger partial charge in [0.25, 0.3) is 0 Å². The molecule has 0 atom stereocenters. The average Bonchev–Trinajstić information content (AvgIpc) is 3.38. The third-order valence-corrected chi connectivity index (χ3v) is 15.4. The standard InChI is InChI=1S/C68H50N2/c1-67(2,3)49-25-21-41-33-47(19-17-43(41)35-49)59-53-29-31-57-63-61(53)65(51-27-23-45(37-55(51)59)39-13-9-7-10-14-39)69-58-32-30-54-60(48-20-18-44-36-50(68(4,5)6)26-22-42(44)34-48)56-38-46(40-15-11-8-12-16-40)24-28-52(56)66(70-57)62(54)64(58)63/h7-38H,1-6H3. The summed E-state index contributed by atoms with van der Waals surface area (Å²) >= 11 is 0. The van der Waals surface area contributed by atoms with Crippen molar-refractivity contribution in [2.75, 3.05) is 0 Å². The minimum Gasteiger partial charge on any atom is -0.247 e. The second-order valence-corrected chi connectivity index (χ2v) is 21.7. The van der Waals surface area contributed by atoms with Crippen LogP contribution in [0, 0.1) is 0 Å². The summed E-state index contributed by atoms with van der Waals surface area (Å²) in [6.45, 7) is 13.7. The Morgan fingerprint density at radius 2 is 0.643 bits per heavy atom. The molecule has 0 spiro atoms. The summed E-state index contributed by atoms with van der Waals surface area (Å²) in [4.78, 5) is 11.5. The van der Waals surface area contributed by atoms with E-state index in [2.05, 4.69) is 236 Å². The van der Waals surface area contributed by atoms with E-state index in [-0.39, 0.29) is 10.8 Å². The lowest BCUT2D eigenvalue weighted by atomic mass is 9.83. The Morgan fingerprint density at radius 3 is 1.06 bits per heavy atom. The first-order chi connectivity index (χ1) is 33.9. The number of pyridine rings is 2. The van der Waals surface area contributed by atoms with E-state index in [9.17, 15) is 0 Å². The van der Waals surface area contributed by atoms with Gasteiger partial charge in [0, 0.05) is 32.3 Å². The first-order valence-electron chi connectivity index (χ1n) is 24.7. The van der Waals surface area contributed by atoms with Gasteiger partial charge >= 0.3 is 0 Å². The smallest absolute Gasteiger partial charge is 0.0801 e. The van der Waals surface area contributed by atoms with Crippen molar-refractivity contribution in [3.63, 3.8) is 0 Å². The normalized spacial score (nSPS) is 12.7. The zero-order chi connectivity index (χ0) is 47.2. The molecule has 2 nitrogen and oxygen atoms in total. The summed E-state index contributed by atoms with van der Waals surface area (Å²) in [5.41, 5.74) is 16.5. The van der Waals surface area contributed by atoms with Crippen LogP contribution < -0.4 is 0 Å². The molecule has 332 valence electrons. The van der Waals surface area contributed by atoms with Crippen LogP contribution in [-0.2, 0) is 10.8 Å². The summed E-state index contributed by atoms with van der Waals surface area (Å²) in [5, 5.41) is 16.8. The van der Waals surface area contributed by atoms with Crippen molar-refractivity contribution in [2.24, 2.45) is 0 Å². The van der Waals surface area contributed by atoms with Gasteiger partial charge in [-0.05, 0) is 146 Å². The molecule has 2 heterocycles. The van der Waals surface area contributed by atoms with E-state index in [0.717, 1.165) is 32.8 Å². The SMILES string of the molecule is CC(C)(C)c1ccc2cc(-c3c4cc(-c5ccccc5)ccc4c4nc5ccc6c(-c7ccc8cc(C(C)(C)C)ccc8c7)c7cc(-c8ccccc8)ccc7c7nc8ccc3c4c8c5c67)ccc2c1. The van der Waals surface area contributed by atoms with Gasteiger partial charge in [-0.1, -0.05) is 199 Å². The highest BCUT2D eigenvalue weighted by Crippen LogP contribution is 2.51. The number of aromatic nitrogens is 2. The van der Waals surface area contributed by atoms with E-state index in [1.165, 1.54) is 120 Å². The number of rotatable bonds is 4. The van der Waals surface area contributed by atoms with Crippen LogP contribution in [0.1, 0.15) is 52.7 Å². The molecule has 0 aliphatic rings. The van der Waals surface area contributed by atoms with Crippen molar-refractivity contribution in [3.05, 3.63) is 205 Å². The van der Waals surface area contributed by atoms with E-state index >= 15 is 0 Å². The number of hydrogen-bond donors (Lipinski definition) is 0. The molecule has 2 aromatic heterocycles. The van der Waals surface area contributed by atoms with Gasteiger partial charge in [-0.15, -0.1) is 0 Å². The van der Waals surface area contributed by atoms with Crippen LogP contribution in [0.3, 0.4) is 0 Å². The second kappa shape index (κ2) is 14.7. The fraction of sp³-hybridized carbons (Fsp3) is 0.118. The lowest BCUT2D eigenvalue weighted by Crippen LogP contribution is -2.10. The molecule has 0 fully saturated rings. The van der Waals surface area contributed by atoms with E-state index in [1.54, 1.807) is 0 Å². The van der Waals surface area contributed by atoms with Crippen molar-refractivity contribution >= 4 is 97.5 Å². The van der Waals surface area contributed by atoms with Crippen molar-refractivity contribution < 1.29 is 0 Å². The maximum Gasteiger partial charge on any atom is 0.0801 e. The summed E-state index contributed by atoms with van der Waals surface area (Å²) in [6, 6.07) is 72.7. The first kappa shape index (κ1) is 40.8. The molecule has 0 bridgehead atoms. The van der Waals surface area contributed by atoms with Crippen LogP contribution in [0.25, 0.3) is 142 Å². The van der Waals surface area contributed by atoms with Gasteiger partial charge in [0.1, 0.15) is 0 Å². The Morgan fingerprint density at radius 1 is 0.271 bits per heavy atom. The molecule has 0 aliphatic heterocycles. The summed E-state index contributed by atoms with van der Waals surface area (Å²) in [6.07, 6.45) is 0. The second-order valence-electron chi connectivity index (χ2n) is 21.7. The lowest BCUT2D eigenvalue weighted by Gasteiger charge is -2.23. The van der Waals surface area contributed by atoms with Crippen LogP contribution in [0.4, 0.5) is 0 Å². The molecule has 14 aromatic rings. The Balaban J connectivity index is 1.10. The van der Waals surface area contributed by atoms with Crippen molar-refractivity contribution in [1.82, 2.24) is 9.97 Å². The summed E-state index contributed by atoms with van der Waals surface area (Å²) in [7, 11) is 0. The zero-order valence-electron chi connectivity index (χ0n) is 40.4. The highest BCUT2D eigenvalue weighted by Gasteiger charge is 2.26. The summed E-state index contributed by atoms with van der Waals surface area (Å²) in [5.74, 6) is 0.